The second-order valence-corrected chi connectivity index (χ2v) is 7.99. The first-order valence-electron chi connectivity index (χ1n) is 10.1. The predicted molar refractivity (Wildman–Crippen MR) is 126 cm³/mol. The molecule has 1 atom stereocenters. The number of hydrogen-bond acceptors (Lipinski definition) is 6. The summed E-state index contributed by atoms with van der Waals surface area (Å²) < 4.78 is 10.7. The van der Waals surface area contributed by atoms with Crippen LogP contribution in [0.2, 0.25) is 0 Å². The summed E-state index contributed by atoms with van der Waals surface area (Å²) >= 11 is 1.53. The Morgan fingerprint density at radius 3 is 2.52 bits per heavy atom. The molecular formula is C26H21NO5S. The van der Waals surface area contributed by atoms with Crippen molar-refractivity contribution < 1.29 is 24.2 Å². The Hall–Kier alpha value is -4.02. The maximum Gasteiger partial charge on any atom is 0.290 e. The third kappa shape index (κ3) is 4.34. The van der Waals surface area contributed by atoms with E-state index in [0.29, 0.717) is 22.6 Å². The number of ether oxygens (including phenoxy) is 2. The van der Waals surface area contributed by atoms with Crippen molar-refractivity contribution in [3.05, 3.63) is 93.4 Å². The van der Waals surface area contributed by atoms with Crippen molar-refractivity contribution in [2.75, 3.05) is 20.8 Å². The molecule has 4 rings (SSSR count). The fraction of sp³-hybridized carbons (Fsp3) is 0.154. The van der Waals surface area contributed by atoms with Gasteiger partial charge in [-0.1, -0.05) is 30.0 Å². The van der Waals surface area contributed by atoms with E-state index >= 15 is 0 Å². The summed E-state index contributed by atoms with van der Waals surface area (Å²) in [5, 5.41) is 14.6. The van der Waals surface area contributed by atoms with Gasteiger partial charge >= 0.3 is 0 Å². The fourth-order valence-electron chi connectivity index (χ4n) is 3.72. The normalized spacial score (nSPS) is 15.3. The van der Waals surface area contributed by atoms with Crippen molar-refractivity contribution in [1.82, 2.24) is 4.90 Å². The summed E-state index contributed by atoms with van der Waals surface area (Å²) in [5.41, 5.74) is 1.75. The quantitative estimate of drug-likeness (QED) is 0.437. The number of Topliss-reactive ketones (excluding diaryl/α,β-unsaturated/α-hetero) is 1. The molecule has 0 bridgehead atoms. The van der Waals surface area contributed by atoms with Gasteiger partial charge in [-0.3, -0.25) is 9.59 Å². The molecule has 0 spiro atoms. The first-order valence-corrected chi connectivity index (χ1v) is 11.1. The molecule has 6 nitrogen and oxygen atoms in total. The topological polar surface area (TPSA) is 76.1 Å². The van der Waals surface area contributed by atoms with Gasteiger partial charge in [0.25, 0.3) is 5.91 Å². The lowest BCUT2D eigenvalue weighted by Crippen LogP contribution is -2.31. The number of benzene rings is 2. The molecule has 7 heteroatoms. The minimum Gasteiger partial charge on any atom is -0.503 e. The third-order valence-corrected chi connectivity index (χ3v) is 6.02. The van der Waals surface area contributed by atoms with Crippen molar-refractivity contribution >= 4 is 23.0 Å². The second kappa shape index (κ2) is 9.63. The third-order valence-electron chi connectivity index (χ3n) is 5.34. The van der Waals surface area contributed by atoms with E-state index in [4.69, 9.17) is 9.47 Å². The average molecular weight is 460 g/mol. The maximum atomic E-state index is 13.5. The second-order valence-electron chi connectivity index (χ2n) is 7.21. The van der Waals surface area contributed by atoms with Gasteiger partial charge in [-0.2, -0.15) is 11.3 Å². The molecule has 1 unspecified atom stereocenters. The Bertz CT molecular complexity index is 1270. The molecular weight excluding hydrogens is 438 g/mol. The number of rotatable bonds is 6. The van der Waals surface area contributed by atoms with Gasteiger partial charge in [0.15, 0.2) is 11.5 Å². The number of nitrogens with zero attached hydrogens (tertiary/aromatic N) is 1. The molecule has 2 heterocycles. The van der Waals surface area contributed by atoms with Gasteiger partial charge in [-0.25, -0.2) is 0 Å². The number of para-hydroxylation sites is 1. The number of methoxy groups -OCH3 is 2. The van der Waals surface area contributed by atoms with Gasteiger partial charge in [-0.15, -0.1) is 0 Å². The first kappa shape index (κ1) is 22.2. The van der Waals surface area contributed by atoms with Crippen LogP contribution in [-0.4, -0.2) is 42.5 Å². The first-order chi connectivity index (χ1) is 16.0. The van der Waals surface area contributed by atoms with Crippen molar-refractivity contribution in [2.24, 2.45) is 0 Å². The van der Waals surface area contributed by atoms with E-state index in [2.05, 4.69) is 11.8 Å². The lowest BCUT2D eigenvalue weighted by molar-refractivity contribution is -0.128. The van der Waals surface area contributed by atoms with Gasteiger partial charge in [0.1, 0.15) is 11.5 Å². The highest BCUT2D eigenvalue weighted by Crippen LogP contribution is 2.42. The Morgan fingerprint density at radius 2 is 1.85 bits per heavy atom. The Labute approximate surface area is 195 Å². The van der Waals surface area contributed by atoms with E-state index in [-0.39, 0.29) is 12.1 Å². The van der Waals surface area contributed by atoms with Crippen LogP contribution in [0.1, 0.15) is 27.5 Å². The van der Waals surface area contributed by atoms with Crippen LogP contribution in [0.25, 0.3) is 0 Å². The Kier molecular flexibility index (Phi) is 6.48. The van der Waals surface area contributed by atoms with E-state index < -0.39 is 23.5 Å². The number of hydrogen-bond donors (Lipinski definition) is 1. The van der Waals surface area contributed by atoms with Crippen molar-refractivity contribution in [3.8, 4) is 23.3 Å². The molecule has 0 radical (unpaired) electrons. The zero-order valence-electron chi connectivity index (χ0n) is 18.1. The van der Waals surface area contributed by atoms with Crippen LogP contribution < -0.4 is 9.47 Å². The van der Waals surface area contributed by atoms with Gasteiger partial charge < -0.3 is 19.5 Å². The summed E-state index contributed by atoms with van der Waals surface area (Å²) in [6, 6.07) is 14.7. The Morgan fingerprint density at radius 1 is 1.09 bits per heavy atom. The van der Waals surface area contributed by atoms with Crippen molar-refractivity contribution in [2.45, 2.75) is 6.04 Å². The SMILES string of the molecule is COc1ccc(C(=O)C2=C(O)C(=O)N(CC#Cc3ccsc3)C2c2ccccc2OC)cc1. The lowest BCUT2D eigenvalue weighted by atomic mass is 9.92. The highest BCUT2D eigenvalue weighted by molar-refractivity contribution is 7.08. The number of amides is 1. The average Bonchev–Trinajstić information content (AvgIpc) is 3.46. The summed E-state index contributed by atoms with van der Waals surface area (Å²) in [5.74, 6) is 5.42. The van der Waals surface area contributed by atoms with Gasteiger partial charge in [0.05, 0.1) is 32.4 Å². The molecule has 3 aromatic rings. The van der Waals surface area contributed by atoms with Crippen molar-refractivity contribution in [3.63, 3.8) is 0 Å². The van der Waals surface area contributed by atoms with Gasteiger partial charge in [-0.05, 0) is 41.8 Å². The van der Waals surface area contributed by atoms with E-state index in [9.17, 15) is 14.7 Å². The molecule has 0 fully saturated rings. The zero-order chi connectivity index (χ0) is 23.4. The highest BCUT2D eigenvalue weighted by atomic mass is 32.1. The number of thiophene rings is 1. The number of aliphatic hydroxyl groups is 1. The molecule has 1 N–H and O–H groups in total. The number of carbonyl (C=O) groups is 2. The maximum absolute atomic E-state index is 13.5. The van der Waals surface area contributed by atoms with Crippen LogP contribution in [-0.2, 0) is 4.79 Å². The highest BCUT2D eigenvalue weighted by Gasteiger charge is 2.44. The Balaban J connectivity index is 1.77. The number of ketones is 1. The van der Waals surface area contributed by atoms with Crippen LogP contribution in [0.3, 0.4) is 0 Å². The lowest BCUT2D eigenvalue weighted by Gasteiger charge is -2.26. The molecule has 2 aromatic carbocycles. The summed E-state index contributed by atoms with van der Waals surface area (Å²) in [4.78, 5) is 27.9. The van der Waals surface area contributed by atoms with E-state index in [1.807, 2.05) is 16.8 Å². The van der Waals surface area contributed by atoms with Gasteiger partial charge in [0.2, 0.25) is 0 Å². The number of carbonyl (C=O) groups excluding carboxylic acids is 2. The van der Waals surface area contributed by atoms with Gasteiger partial charge in [0, 0.05) is 22.1 Å². The smallest absolute Gasteiger partial charge is 0.290 e. The summed E-state index contributed by atoms with van der Waals surface area (Å²) in [6.07, 6.45) is 0. The van der Waals surface area contributed by atoms with Crippen LogP contribution >= 0.6 is 11.3 Å². The molecule has 0 saturated heterocycles. The fourth-order valence-corrected chi connectivity index (χ4v) is 4.31. The molecule has 1 aliphatic rings. The van der Waals surface area contributed by atoms with E-state index in [1.54, 1.807) is 48.5 Å². The van der Waals surface area contributed by atoms with Crippen LogP contribution in [0.15, 0.2) is 76.7 Å². The summed E-state index contributed by atoms with van der Waals surface area (Å²) in [6.45, 7) is 0.0286. The summed E-state index contributed by atoms with van der Waals surface area (Å²) in [7, 11) is 3.05. The van der Waals surface area contributed by atoms with Crippen molar-refractivity contribution in [1.29, 1.82) is 0 Å². The van der Waals surface area contributed by atoms with E-state index in [1.165, 1.54) is 30.5 Å². The van der Waals surface area contributed by atoms with E-state index in [0.717, 1.165) is 5.56 Å². The molecule has 0 saturated carbocycles. The predicted octanol–water partition coefficient (Wildman–Crippen LogP) is 4.40. The molecule has 1 aliphatic heterocycles. The minimum atomic E-state index is -0.847. The van der Waals surface area contributed by atoms with Crippen LogP contribution in [0.5, 0.6) is 11.5 Å². The number of aliphatic hydroxyl groups excluding tert-OH is 1. The molecule has 166 valence electrons. The zero-order valence-corrected chi connectivity index (χ0v) is 18.9. The van der Waals surface area contributed by atoms with Crippen LogP contribution in [0.4, 0.5) is 0 Å². The molecule has 33 heavy (non-hydrogen) atoms. The minimum absolute atomic E-state index is 0.00741. The standard InChI is InChI=1S/C26H21NO5S/c1-31-19-11-9-18(10-12-19)24(28)22-23(20-7-3-4-8-21(20)32-2)27(26(30)25(22)29)14-5-6-17-13-15-33-16-17/h3-4,7-13,15-16,23,29H,14H2,1-2H3. The molecule has 1 aromatic heterocycles. The largest absolute Gasteiger partial charge is 0.503 e. The molecule has 1 amide bonds. The monoisotopic (exact) mass is 459 g/mol. The molecule has 0 aliphatic carbocycles. The van der Waals surface area contributed by atoms with Crippen LogP contribution in [0, 0.1) is 11.8 Å².